The second kappa shape index (κ2) is 8.49. The number of pyridine rings is 1. The SMILES string of the molecule is COc1ccc(NC(=O)NCCC(=O)N2C[C@@H](C)O[C@@H](C)C2)cn1. The molecule has 2 rings (SSSR count). The average Bonchev–Trinajstić information content (AvgIpc) is 2.54. The quantitative estimate of drug-likeness (QED) is 0.844. The number of carbonyl (C=O) groups is 2. The van der Waals surface area contributed by atoms with Gasteiger partial charge in [0, 0.05) is 32.1 Å². The van der Waals surface area contributed by atoms with Gasteiger partial charge in [0.2, 0.25) is 11.8 Å². The molecule has 1 fully saturated rings. The molecule has 0 saturated carbocycles. The van der Waals surface area contributed by atoms with Gasteiger partial charge in [-0.05, 0) is 19.9 Å². The van der Waals surface area contributed by atoms with Gasteiger partial charge in [-0.1, -0.05) is 0 Å². The first-order valence-electron chi connectivity index (χ1n) is 7.96. The van der Waals surface area contributed by atoms with Crippen LogP contribution in [-0.4, -0.2) is 60.8 Å². The summed E-state index contributed by atoms with van der Waals surface area (Å²) in [4.78, 5) is 29.8. The van der Waals surface area contributed by atoms with Gasteiger partial charge in [0.25, 0.3) is 0 Å². The van der Waals surface area contributed by atoms with E-state index in [0.29, 0.717) is 24.7 Å². The average molecular weight is 336 g/mol. The Labute approximate surface area is 141 Å². The summed E-state index contributed by atoms with van der Waals surface area (Å²) in [6.07, 6.45) is 1.83. The van der Waals surface area contributed by atoms with E-state index in [1.807, 2.05) is 13.8 Å². The number of nitrogens with zero attached hydrogens (tertiary/aromatic N) is 2. The molecule has 132 valence electrons. The van der Waals surface area contributed by atoms with Gasteiger partial charge in [-0.2, -0.15) is 0 Å². The van der Waals surface area contributed by atoms with Crippen molar-refractivity contribution in [2.45, 2.75) is 32.5 Å². The topological polar surface area (TPSA) is 92.8 Å². The van der Waals surface area contributed by atoms with Crippen molar-refractivity contribution in [3.05, 3.63) is 18.3 Å². The number of nitrogens with one attached hydrogen (secondary N) is 2. The van der Waals surface area contributed by atoms with Crippen molar-refractivity contribution in [2.75, 3.05) is 32.1 Å². The summed E-state index contributed by atoms with van der Waals surface area (Å²) in [6, 6.07) is 2.96. The Morgan fingerprint density at radius 2 is 2.04 bits per heavy atom. The highest BCUT2D eigenvalue weighted by molar-refractivity contribution is 5.89. The van der Waals surface area contributed by atoms with E-state index in [1.165, 1.54) is 13.3 Å². The smallest absolute Gasteiger partial charge is 0.319 e. The molecular formula is C16H24N4O4. The van der Waals surface area contributed by atoms with Crippen LogP contribution in [0.2, 0.25) is 0 Å². The van der Waals surface area contributed by atoms with Crippen molar-refractivity contribution in [3.63, 3.8) is 0 Å². The molecule has 1 aromatic rings. The second-order valence-electron chi connectivity index (χ2n) is 5.78. The third-order valence-corrected chi connectivity index (χ3v) is 3.60. The Balaban J connectivity index is 1.70. The molecule has 0 bridgehead atoms. The summed E-state index contributed by atoms with van der Waals surface area (Å²) in [6.45, 7) is 5.35. The molecule has 0 aromatic carbocycles. The van der Waals surface area contributed by atoms with Gasteiger partial charge in [0.05, 0.1) is 31.2 Å². The number of hydrogen-bond donors (Lipinski definition) is 2. The number of ether oxygens (including phenoxy) is 2. The highest BCUT2D eigenvalue weighted by atomic mass is 16.5. The van der Waals surface area contributed by atoms with E-state index >= 15 is 0 Å². The number of anilines is 1. The molecule has 1 saturated heterocycles. The Hall–Kier alpha value is -2.35. The van der Waals surface area contributed by atoms with E-state index < -0.39 is 0 Å². The first-order valence-corrected chi connectivity index (χ1v) is 7.96. The van der Waals surface area contributed by atoms with Crippen molar-refractivity contribution in [1.29, 1.82) is 0 Å². The zero-order chi connectivity index (χ0) is 17.5. The minimum atomic E-state index is -0.376. The lowest BCUT2D eigenvalue weighted by Crippen LogP contribution is -2.48. The van der Waals surface area contributed by atoms with Crippen LogP contribution in [0, 0.1) is 0 Å². The number of urea groups is 1. The van der Waals surface area contributed by atoms with Crippen LogP contribution in [0.5, 0.6) is 5.88 Å². The highest BCUT2D eigenvalue weighted by Gasteiger charge is 2.25. The van der Waals surface area contributed by atoms with Crippen LogP contribution in [0.4, 0.5) is 10.5 Å². The Bertz CT molecular complexity index is 554. The highest BCUT2D eigenvalue weighted by Crippen LogP contribution is 2.12. The summed E-state index contributed by atoms with van der Waals surface area (Å²) in [7, 11) is 1.52. The summed E-state index contributed by atoms with van der Waals surface area (Å²) in [5.41, 5.74) is 0.551. The lowest BCUT2D eigenvalue weighted by molar-refractivity contribution is -0.143. The van der Waals surface area contributed by atoms with Gasteiger partial charge < -0.3 is 25.0 Å². The number of amides is 3. The molecule has 0 aliphatic carbocycles. The van der Waals surface area contributed by atoms with Gasteiger partial charge in [-0.15, -0.1) is 0 Å². The van der Waals surface area contributed by atoms with Crippen LogP contribution in [0.15, 0.2) is 18.3 Å². The van der Waals surface area contributed by atoms with Gasteiger partial charge in [0.15, 0.2) is 0 Å². The standard InChI is InChI=1S/C16H24N4O4/c1-11-9-20(10-12(2)24-11)15(21)6-7-17-16(22)19-13-4-5-14(23-3)18-8-13/h4-5,8,11-12H,6-7,9-10H2,1-3H3,(H2,17,19,22)/t11-,12+. The largest absolute Gasteiger partial charge is 0.481 e. The van der Waals surface area contributed by atoms with Gasteiger partial charge >= 0.3 is 6.03 Å². The van der Waals surface area contributed by atoms with E-state index in [4.69, 9.17) is 9.47 Å². The molecule has 1 aliphatic rings. The predicted molar refractivity (Wildman–Crippen MR) is 89.0 cm³/mol. The van der Waals surface area contributed by atoms with Crippen LogP contribution in [0.25, 0.3) is 0 Å². The Kier molecular flexibility index (Phi) is 6.36. The zero-order valence-electron chi connectivity index (χ0n) is 14.2. The maximum absolute atomic E-state index is 12.2. The molecule has 0 unspecified atom stereocenters. The molecule has 2 N–H and O–H groups in total. The van der Waals surface area contributed by atoms with E-state index in [2.05, 4.69) is 15.6 Å². The van der Waals surface area contributed by atoms with Crippen LogP contribution >= 0.6 is 0 Å². The minimum absolute atomic E-state index is 0.0171. The fraction of sp³-hybridized carbons (Fsp3) is 0.562. The van der Waals surface area contributed by atoms with Crippen LogP contribution in [-0.2, 0) is 9.53 Å². The van der Waals surface area contributed by atoms with E-state index in [-0.39, 0.29) is 37.1 Å². The van der Waals surface area contributed by atoms with Crippen molar-refractivity contribution >= 4 is 17.6 Å². The van der Waals surface area contributed by atoms with Crippen LogP contribution in [0.1, 0.15) is 20.3 Å². The second-order valence-corrected chi connectivity index (χ2v) is 5.78. The first-order chi connectivity index (χ1) is 11.5. The summed E-state index contributed by atoms with van der Waals surface area (Å²) < 4.78 is 10.6. The summed E-state index contributed by atoms with van der Waals surface area (Å²) in [5.74, 6) is 0.490. The van der Waals surface area contributed by atoms with Crippen molar-refractivity contribution in [2.24, 2.45) is 0 Å². The molecule has 0 radical (unpaired) electrons. The van der Waals surface area contributed by atoms with Gasteiger partial charge in [-0.3, -0.25) is 4.79 Å². The maximum atomic E-state index is 12.2. The fourth-order valence-corrected chi connectivity index (χ4v) is 2.57. The predicted octanol–water partition coefficient (Wildman–Crippen LogP) is 1.24. The lowest BCUT2D eigenvalue weighted by Gasteiger charge is -2.35. The third-order valence-electron chi connectivity index (χ3n) is 3.60. The van der Waals surface area contributed by atoms with E-state index in [9.17, 15) is 9.59 Å². The number of rotatable bonds is 5. The number of hydrogen-bond acceptors (Lipinski definition) is 5. The molecular weight excluding hydrogens is 312 g/mol. The van der Waals surface area contributed by atoms with Crippen LogP contribution in [0.3, 0.4) is 0 Å². The molecule has 3 amide bonds. The molecule has 1 aliphatic heterocycles. The maximum Gasteiger partial charge on any atom is 0.319 e. The summed E-state index contributed by atoms with van der Waals surface area (Å²) in [5, 5.41) is 5.31. The molecule has 8 nitrogen and oxygen atoms in total. The normalized spacial score (nSPS) is 20.4. The molecule has 2 atom stereocenters. The third kappa shape index (κ3) is 5.38. The Morgan fingerprint density at radius 3 is 2.62 bits per heavy atom. The number of carbonyl (C=O) groups excluding carboxylic acids is 2. The number of methoxy groups -OCH3 is 1. The van der Waals surface area contributed by atoms with Crippen molar-refractivity contribution < 1.29 is 19.1 Å². The first kappa shape index (κ1) is 18.0. The van der Waals surface area contributed by atoms with Gasteiger partial charge in [0.1, 0.15) is 0 Å². The molecule has 24 heavy (non-hydrogen) atoms. The number of aromatic nitrogens is 1. The Morgan fingerprint density at radius 1 is 1.33 bits per heavy atom. The van der Waals surface area contributed by atoms with E-state index in [1.54, 1.807) is 17.0 Å². The molecule has 2 heterocycles. The monoisotopic (exact) mass is 336 g/mol. The fourth-order valence-electron chi connectivity index (χ4n) is 2.57. The lowest BCUT2D eigenvalue weighted by atomic mass is 10.2. The zero-order valence-corrected chi connectivity index (χ0v) is 14.2. The van der Waals surface area contributed by atoms with Crippen molar-refractivity contribution in [1.82, 2.24) is 15.2 Å². The minimum Gasteiger partial charge on any atom is -0.481 e. The molecule has 0 spiro atoms. The molecule has 8 heteroatoms. The van der Waals surface area contributed by atoms with Crippen molar-refractivity contribution in [3.8, 4) is 5.88 Å². The summed E-state index contributed by atoms with van der Waals surface area (Å²) >= 11 is 0. The van der Waals surface area contributed by atoms with Crippen LogP contribution < -0.4 is 15.4 Å². The molecule has 1 aromatic heterocycles. The van der Waals surface area contributed by atoms with E-state index in [0.717, 1.165) is 0 Å². The van der Waals surface area contributed by atoms with Gasteiger partial charge in [-0.25, -0.2) is 9.78 Å². The number of morpholine rings is 1.